The van der Waals surface area contributed by atoms with E-state index in [0.717, 1.165) is 70.6 Å². The predicted molar refractivity (Wildman–Crippen MR) is 223 cm³/mol. The monoisotopic (exact) mass is 733 g/mol. The van der Waals surface area contributed by atoms with Crippen molar-refractivity contribution in [3.05, 3.63) is 109 Å². The molecule has 53 heavy (non-hydrogen) atoms. The van der Waals surface area contributed by atoms with Gasteiger partial charge in [0, 0.05) is 19.3 Å². The molecule has 0 heterocycles. The largest absolute Gasteiger partial charge is 0.462 e. The summed E-state index contributed by atoms with van der Waals surface area (Å²) in [5, 5.41) is 0. The van der Waals surface area contributed by atoms with Gasteiger partial charge >= 0.3 is 17.9 Å². The van der Waals surface area contributed by atoms with Crippen LogP contribution in [0.4, 0.5) is 0 Å². The first-order valence-electron chi connectivity index (χ1n) is 20.5. The molecule has 0 aromatic rings. The second-order valence-electron chi connectivity index (χ2n) is 12.9. The molecule has 0 aromatic heterocycles. The van der Waals surface area contributed by atoms with Crippen LogP contribution in [0.5, 0.6) is 0 Å². The quantitative estimate of drug-likeness (QED) is 0.0215. The van der Waals surface area contributed by atoms with E-state index >= 15 is 0 Å². The van der Waals surface area contributed by atoms with Crippen LogP contribution in [0.25, 0.3) is 0 Å². The van der Waals surface area contributed by atoms with Gasteiger partial charge in [-0.2, -0.15) is 0 Å². The molecular weight excluding hydrogens is 661 g/mol. The van der Waals surface area contributed by atoms with Crippen molar-refractivity contribution in [3.8, 4) is 0 Å². The van der Waals surface area contributed by atoms with Gasteiger partial charge in [-0.15, -0.1) is 0 Å². The first-order valence-corrected chi connectivity index (χ1v) is 20.5. The highest BCUT2D eigenvalue weighted by Gasteiger charge is 2.19. The zero-order valence-corrected chi connectivity index (χ0v) is 33.5. The molecule has 1 unspecified atom stereocenters. The summed E-state index contributed by atoms with van der Waals surface area (Å²) in [4.78, 5) is 37.5. The van der Waals surface area contributed by atoms with Crippen molar-refractivity contribution in [2.45, 2.75) is 155 Å². The third-order valence-electron chi connectivity index (χ3n) is 7.87. The number of rotatable bonds is 34. The summed E-state index contributed by atoms with van der Waals surface area (Å²) in [7, 11) is 0. The van der Waals surface area contributed by atoms with Crippen molar-refractivity contribution in [1.29, 1.82) is 0 Å². The summed E-state index contributed by atoms with van der Waals surface area (Å²) in [5.74, 6) is -1.08. The summed E-state index contributed by atoms with van der Waals surface area (Å²) < 4.78 is 16.5. The summed E-state index contributed by atoms with van der Waals surface area (Å²) in [6.07, 6.45) is 53.8. The fourth-order valence-electron chi connectivity index (χ4n) is 4.84. The number of carbonyl (C=O) groups excluding carboxylic acids is 3. The van der Waals surface area contributed by atoms with Crippen LogP contribution in [-0.2, 0) is 28.6 Å². The van der Waals surface area contributed by atoms with E-state index in [1.165, 1.54) is 25.7 Å². The minimum absolute atomic E-state index is 0.131. The Morgan fingerprint density at radius 1 is 0.415 bits per heavy atom. The highest BCUT2D eigenvalue weighted by atomic mass is 16.6. The van der Waals surface area contributed by atoms with E-state index in [0.29, 0.717) is 19.3 Å². The van der Waals surface area contributed by atoms with Crippen LogP contribution in [-0.4, -0.2) is 37.2 Å². The number of esters is 3. The van der Waals surface area contributed by atoms with Gasteiger partial charge in [0.15, 0.2) is 6.10 Å². The first-order chi connectivity index (χ1) is 26.0. The number of ether oxygens (including phenoxy) is 3. The summed E-state index contributed by atoms with van der Waals surface area (Å²) in [5.41, 5.74) is 0. The number of allylic oxidation sites excluding steroid dienone is 18. The van der Waals surface area contributed by atoms with Crippen LogP contribution >= 0.6 is 0 Å². The molecule has 0 aliphatic heterocycles. The molecule has 296 valence electrons. The van der Waals surface area contributed by atoms with Gasteiger partial charge in [0.2, 0.25) is 0 Å². The molecule has 0 N–H and O–H groups in total. The number of hydrogen-bond donors (Lipinski definition) is 0. The number of unbranched alkanes of at least 4 members (excludes halogenated alkanes) is 9. The van der Waals surface area contributed by atoms with Crippen molar-refractivity contribution in [1.82, 2.24) is 0 Å². The highest BCUT2D eigenvalue weighted by molar-refractivity contribution is 5.71. The third kappa shape index (κ3) is 39.1. The molecule has 0 amide bonds. The van der Waals surface area contributed by atoms with Crippen molar-refractivity contribution in [3.63, 3.8) is 0 Å². The second-order valence-corrected chi connectivity index (χ2v) is 12.9. The maximum absolute atomic E-state index is 12.6. The minimum Gasteiger partial charge on any atom is -0.462 e. The van der Waals surface area contributed by atoms with E-state index in [4.69, 9.17) is 14.2 Å². The van der Waals surface area contributed by atoms with Gasteiger partial charge in [0.25, 0.3) is 0 Å². The SMILES string of the molecule is CC\C=C/C=C\C=C/C=C\C=C/CCCCCC(=O)OCC(COC(=O)CCC/C=C\CCCCCC)OC(=O)CCC/C=C\C/C=C\C/C=C\CC. The Labute approximate surface area is 323 Å². The molecular formula is C47H72O6. The Morgan fingerprint density at radius 3 is 1.43 bits per heavy atom. The lowest BCUT2D eigenvalue weighted by atomic mass is 10.1. The Balaban J connectivity index is 4.58. The Morgan fingerprint density at radius 2 is 0.849 bits per heavy atom. The maximum Gasteiger partial charge on any atom is 0.306 e. The standard InChI is InChI=1S/C47H72O6/c1-4-7-10-13-16-19-21-22-23-24-26-28-31-34-37-40-46(49)52-43-44(42-51-45(48)39-36-33-30-27-18-15-12-9-6-3)53-47(50)41-38-35-32-29-25-20-17-14-11-8-5-2/h7-8,10-11,13,16-17,19-24,26-27,29-30,32,44H,4-6,9,12,14-15,18,25,28,31,33-43H2,1-3H3/b10-7-,11-8-,16-13-,20-17-,21-19-,23-22-,26-24-,30-27-,32-29-. The molecule has 6 nitrogen and oxygen atoms in total. The predicted octanol–water partition coefficient (Wildman–Crippen LogP) is 12.9. The van der Waals surface area contributed by atoms with Gasteiger partial charge in [-0.05, 0) is 83.5 Å². The molecule has 0 saturated heterocycles. The van der Waals surface area contributed by atoms with E-state index < -0.39 is 12.1 Å². The molecule has 0 saturated carbocycles. The average molecular weight is 733 g/mol. The van der Waals surface area contributed by atoms with E-state index in [-0.39, 0.29) is 38.0 Å². The minimum atomic E-state index is -0.831. The van der Waals surface area contributed by atoms with E-state index in [2.05, 4.69) is 81.5 Å². The van der Waals surface area contributed by atoms with Crippen LogP contribution in [0.1, 0.15) is 149 Å². The molecule has 0 radical (unpaired) electrons. The lowest BCUT2D eigenvalue weighted by Gasteiger charge is -2.18. The van der Waals surface area contributed by atoms with Crippen LogP contribution < -0.4 is 0 Å². The molecule has 0 aromatic carbocycles. The van der Waals surface area contributed by atoms with Gasteiger partial charge in [0.05, 0.1) is 0 Å². The fraction of sp³-hybridized carbons (Fsp3) is 0.553. The van der Waals surface area contributed by atoms with Gasteiger partial charge in [-0.25, -0.2) is 0 Å². The molecule has 0 rings (SSSR count). The van der Waals surface area contributed by atoms with Crippen LogP contribution in [0, 0.1) is 0 Å². The second kappa shape index (κ2) is 40.8. The Kier molecular flexibility index (Phi) is 37.8. The zero-order chi connectivity index (χ0) is 38.7. The zero-order valence-electron chi connectivity index (χ0n) is 33.5. The number of carbonyl (C=O) groups is 3. The molecule has 0 spiro atoms. The lowest BCUT2D eigenvalue weighted by Crippen LogP contribution is -2.30. The van der Waals surface area contributed by atoms with Gasteiger partial charge < -0.3 is 14.2 Å². The van der Waals surface area contributed by atoms with Gasteiger partial charge in [-0.1, -0.05) is 156 Å². The third-order valence-corrected chi connectivity index (χ3v) is 7.87. The first kappa shape index (κ1) is 49.1. The number of hydrogen-bond acceptors (Lipinski definition) is 6. The van der Waals surface area contributed by atoms with E-state index in [1.54, 1.807) is 0 Å². The normalized spacial score (nSPS) is 13.2. The molecule has 0 fully saturated rings. The van der Waals surface area contributed by atoms with Crippen LogP contribution in [0.15, 0.2) is 109 Å². The Hall–Kier alpha value is -3.93. The summed E-state index contributed by atoms with van der Waals surface area (Å²) >= 11 is 0. The van der Waals surface area contributed by atoms with Gasteiger partial charge in [0.1, 0.15) is 13.2 Å². The molecule has 0 bridgehead atoms. The van der Waals surface area contributed by atoms with Crippen molar-refractivity contribution >= 4 is 17.9 Å². The smallest absolute Gasteiger partial charge is 0.306 e. The molecule has 6 heteroatoms. The molecule has 0 aliphatic carbocycles. The maximum atomic E-state index is 12.6. The van der Waals surface area contributed by atoms with Crippen LogP contribution in [0.3, 0.4) is 0 Å². The van der Waals surface area contributed by atoms with Crippen molar-refractivity contribution in [2.75, 3.05) is 13.2 Å². The van der Waals surface area contributed by atoms with E-state index in [1.807, 2.05) is 48.6 Å². The Bertz CT molecular complexity index is 1160. The summed E-state index contributed by atoms with van der Waals surface area (Å²) in [6, 6.07) is 0. The topological polar surface area (TPSA) is 78.9 Å². The van der Waals surface area contributed by atoms with Crippen molar-refractivity contribution < 1.29 is 28.6 Å². The lowest BCUT2D eigenvalue weighted by molar-refractivity contribution is -0.167. The van der Waals surface area contributed by atoms with E-state index in [9.17, 15) is 14.4 Å². The highest BCUT2D eigenvalue weighted by Crippen LogP contribution is 2.09. The van der Waals surface area contributed by atoms with Crippen molar-refractivity contribution in [2.24, 2.45) is 0 Å². The molecule has 0 aliphatic rings. The van der Waals surface area contributed by atoms with Crippen LogP contribution in [0.2, 0.25) is 0 Å². The summed E-state index contributed by atoms with van der Waals surface area (Å²) in [6.45, 7) is 6.18. The fourth-order valence-corrected chi connectivity index (χ4v) is 4.84. The molecule has 1 atom stereocenters. The average Bonchev–Trinajstić information content (AvgIpc) is 3.15. The van der Waals surface area contributed by atoms with Gasteiger partial charge in [-0.3, -0.25) is 14.4 Å².